The number of hydrogen-bond donors (Lipinski definition) is 1. The van der Waals surface area contributed by atoms with Crippen LogP contribution in [0.5, 0.6) is 0 Å². The van der Waals surface area contributed by atoms with Gasteiger partial charge in [-0.15, -0.1) is 11.8 Å². The van der Waals surface area contributed by atoms with E-state index >= 15 is 0 Å². The van der Waals surface area contributed by atoms with Crippen LogP contribution in [0.25, 0.3) is 0 Å². The fourth-order valence-electron chi connectivity index (χ4n) is 1.05. The highest BCUT2D eigenvalue weighted by molar-refractivity contribution is 8.00. The number of carboxylic acids is 1. The Bertz CT molecular complexity index is 229. The van der Waals surface area contributed by atoms with Crippen molar-refractivity contribution < 1.29 is 14.7 Å². The molecule has 0 aromatic carbocycles. The van der Waals surface area contributed by atoms with Gasteiger partial charge in [0.1, 0.15) is 5.25 Å². The smallest absolute Gasteiger partial charge is 0.316 e. The van der Waals surface area contributed by atoms with Crippen LogP contribution in [0.4, 0.5) is 0 Å². The van der Waals surface area contributed by atoms with Crippen LogP contribution >= 0.6 is 11.8 Å². The average molecular weight is 233 g/mol. The maximum absolute atomic E-state index is 11.2. The lowest BCUT2D eigenvalue weighted by Crippen LogP contribution is -2.25. The Labute approximate surface area is 95.0 Å². The van der Waals surface area contributed by atoms with Crippen molar-refractivity contribution in [2.75, 3.05) is 19.8 Å². The number of aliphatic carboxylic acids is 1. The second kappa shape index (κ2) is 6.71. The third kappa shape index (κ3) is 5.67. The Kier molecular flexibility index (Phi) is 6.40. The van der Waals surface area contributed by atoms with Crippen molar-refractivity contribution >= 4 is 23.6 Å². The molecule has 0 aliphatic rings. The van der Waals surface area contributed by atoms with Crippen molar-refractivity contribution in [1.82, 2.24) is 4.90 Å². The van der Waals surface area contributed by atoms with E-state index in [1.54, 1.807) is 14.1 Å². The van der Waals surface area contributed by atoms with Crippen molar-refractivity contribution in [3.8, 4) is 0 Å². The molecular formula is C10H19NO3S. The molecule has 0 aliphatic carbocycles. The van der Waals surface area contributed by atoms with Gasteiger partial charge in [-0.2, -0.15) is 0 Å². The van der Waals surface area contributed by atoms with Crippen LogP contribution in [0.3, 0.4) is 0 Å². The summed E-state index contributed by atoms with van der Waals surface area (Å²) in [6, 6.07) is 0. The molecule has 1 N–H and O–H groups in total. The summed E-state index contributed by atoms with van der Waals surface area (Å²) < 4.78 is 0. The summed E-state index contributed by atoms with van der Waals surface area (Å²) in [4.78, 5) is 23.6. The zero-order valence-electron chi connectivity index (χ0n) is 9.69. The third-order valence-electron chi connectivity index (χ3n) is 1.96. The number of hydrogen-bond acceptors (Lipinski definition) is 3. The van der Waals surface area contributed by atoms with Crippen LogP contribution in [0.1, 0.15) is 20.3 Å². The highest BCUT2D eigenvalue weighted by atomic mass is 32.2. The van der Waals surface area contributed by atoms with Crippen molar-refractivity contribution in [3.05, 3.63) is 0 Å². The lowest BCUT2D eigenvalue weighted by atomic mass is 10.1. The minimum absolute atomic E-state index is 0.0374. The summed E-state index contributed by atoms with van der Waals surface area (Å²) in [6.07, 6.45) is 0.397. The molecule has 88 valence electrons. The topological polar surface area (TPSA) is 57.6 Å². The second-order valence-electron chi connectivity index (χ2n) is 3.91. The van der Waals surface area contributed by atoms with E-state index < -0.39 is 11.2 Å². The second-order valence-corrected chi connectivity index (χ2v) is 5.16. The van der Waals surface area contributed by atoms with Crippen LogP contribution < -0.4 is 0 Å². The molecule has 15 heavy (non-hydrogen) atoms. The van der Waals surface area contributed by atoms with E-state index in [1.807, 2.05) is 13.8 Å². The van der Waals surface area contributed by atoms with Crippen molar-refractivity contribution in [1.29, 1.82) is 0 Å². The first-order chi connectivity index (χ1) is 6.86. The number of carbonyl (C=O) groups is 2. The molecular weight excluding hydrogens is 214 g/mol. The molecule has 0 aromatic rings. The van der Waals surface area contributed by atoms with Gasteiger partial charge in [-0.3, -0.25) is 9.59 Å². The molecule has 5 heteroatoms. The predicted molar refractivity (Wildman–Crippen MR) is 62.0 cm³/mol. The van der Waals surface area contributed by atoms with E-state index in [0.717, 1.165) is 0 Å². The molecule has 0 fully saturated rings. The summed E-state index contributed by atoms with van der Waals surface area (Å²) >= 11 is 1.34. The van der Waals surface area contributed by atoms with E-state index in [-0.39, 0.29) is 11.8 Å². The zero-order valence-corrected chi connectivity index (χ0v) is 10.5. The Hall–Kier alpha value is -0.710. The highest BCUT2D eigenvalue weighted by Crippen LogP contribution is 2.20. The van der Waals surface area contributed by atoms with Crippen LogP contribution in [-0.2, 0) is 9.59 Å². The van der Waals surface area contributed by atoms with Crippen molar-refractivity contribution in [2.45, 2.75) is 25.5 Å². The number of thioether (sulfide) groups is 1. The van der Waals surface area contributed by atoms with Crippen LogP contribution in [0, 0.1) is 5.92 Å². The van der Waals surface area contributed by atoms with Gasteiger partial charge in [0.2, 0.25) is 5.91 Å². The Morgan fingerprint density at radius 1 is 1.33 bits per heavy atom. The SMILES string of the molecule is CC(C)C(SCCC(=O)N(C)C)C(=O)O. The summed E-state index contributed by atoms with van der Waals surface area (Å²) in [5.41, 5.74) is 0. The van der Waals surface area contributed by atoms with Gasteiger partial charge in [0.25, 0.3) is 0 Å². The molecule has 1 atom stereocenters. The molecule has 0 heterocycles. The molecule has 1 amide bonds. The molecule has 0 aromatic heterocycles. The summed E-state index contributed by atoms with van der Waals surface area (Å²) in [5, 5.41) is 8.49. The summed E-state index contributed by atoms with van der Waals surface area (Å²) in [6.45, 7) is 3.75. The molecule has 0 bridgehead atoms. The van der Waals surface area contributed by atoms with E-state index in [9.17, 15) is 9.59 Å². The molecule has 0 radical (unpaired) electrons. The van der Waals surface area contributed by atoms with Crippen LogP contribution in [-0.4, -0.2) is 47.0 Å². The number of nitrogens with zero attached hydrogens (tertiary/aromatic N) is 1. The predicted octanol–water partition coefficient (Wildman–Crippen LogP) is 1.31. The first-order valence-corrected chi connectivity index (χ1v) is 5.95. The number of amides is 1. The third-order valence-corrected chi connectivity index (χ3v) is 3.51. The van der Waals surface area contributed by atoms with Crippen LogP contribution in [0.2, 0.25) is 0 Å². The number of carboxylic acid groups (broad SMARTS) is 1. The fourth-order valence-corrected chi connectivity index (χ4v) is 2.12. The maximum Gasteiger partial charge on any atom is 0.316 e. The molecule has 0 saturated heterocycles. The average Bonchev–Trinajstić information content (AvgIpc) is 2.10. The highest BCUT2D eigenvalue weighted by Gasteiger charge is 2.21. The van der Waals surface area contributed by atoms with Gasteiger partial charge < -0.3 is 10.0 Å². The van der Waals surface area contributed by atoms with Gasteiger partial charge in [-0.25, -0.2) is 0 Å². The molecule has 0 spiro atoms. The first-order valence-electron chi connectivity index (χ1n) is 4.90. The first kappa shape index (κ1) is 14.3. The Morgan fingerprint density at radius 2 is 1.87 bits per heavy atom. The molecule has 1 unspecified atom stereocenters. The van der Waals surface area contributed by atoms with Gasteiger partial charge >= 0.3 is 5.97 Å². The van der Waals surface area contributed by atoms with Gasteiger partial charge in [-0.05, 0) is 5.92 Å². The van der Waals surface area contributed by atoms with E-state index in [4.69, 9.17) is 5.11 Å². The van der Waals surface area contributed by atoms with Gasteiger partial charge in [0, 0.05) is 26.3 Å². The molecule has 0 aliphatic heterocycles. The maximum atomic E-state index is 11.2. The lowest BCUT2D eigenvalue weighted by Gasteiger charge is -2.16. The zero-order chi connectivity index (χ0) is 12.0. The summed E-state index contributed by atoms with van der Waals surface area (Å²) in [7, 11) is 3.40. The number of carbonyl (C=O) groups excluding carboxylic acids is 1. The molecule has 0 saturated carbocycles. The van der Waals surface area contributed by atoms with Crippen molar-refractivity contribution in [3.63, 3.8) is 0 Å². The van der Waals surface area contributed by atoms with Crippen LogP contribution in [0.15, 0.2) is 0 Å². The largest absolute Gasteiger partial charge is 0.480 e. The van der Waals surface area contributed by atoms with Crippen molar-refractivity contribution in [2.24, 2.45) is 5.92 Å². The van der Waals surface area contributed by atoms with E-state index in [1.165, 1.54) is 16.7 Å². The fraction of sp³-hybridized carbons (Fsp3) is 0.800. The van der Waals surface area contributed by atoms with Gasteiger partial charge in [-0.1, -0.05) is 13.8 Å². The monoisotopic (exact) mass is 233 g/mol. The summed E-state index contributed by atoms with van der Waals surface area (Å²) in [5.74, 6) is -0.115. The standard InChI is InChI=1S/C10H19NO3S/c1-7(2)9(10(13)14)15-6-5-8(12)11(3)4/h7,9H,5-6H2,1-4H3,(H,13,14). The van der Waals surface area contributed by atoms with Gasteiger partial charge in [0.05, 0.1) is 0 Å². The number of rotatable bonds is 6. The Morgan fingerprint density at radius 3 is 2.20 bits per heavy atom. The minimum Gasteiger partial charge on any atom is -0.480 e. The quantitative estimate of drug-likeness (QED) is 0.751. The molecule has 4 nitrogen and oxygen atoms in total. The van der Waals surface area contributed by atoms with E-state index in [0.29, 0.717) is 12.2 Å². The van der Waals surface area contributed by atoms with Gasteiger partial charge in [0.15, 0.2) is 0 Å². The Balaban J connectivity index is 3.92. The lowest BCUT2D eigenvalue weighted by molar-refractivity contribution is -0.137. The molecule has 0 rings (SSSR count). The minimum atomic E-state index is -0.799. The normalized spacial score (nSPS) is 12.6. The van der Waals surface area contributed by atoms with E-state index in [2.05, 4.69) is 0 Å².